The minimum atomic E-state index is -0.194. The topological polar surface area (TPSA) is 51.4 Å². The molecule has 0 atom stereocenters. The van der Waals surface area contributed by atoms with Gasteiger partial charge in [-0.05, 0) is 41.8 Å². The molecule has 0 N–H and O–H groups in total. The van der Waals surface area contributed by atoms with Crippen LogP contribution in [0.25, 0.3) is 11.4 Å². The maximum Gasteiger partial charge on any atom is 0.324 e. The molecule has 0 amide bonds. The van der Waals surface area contributed by atoms with Crippen LogP contribution in [-0.2, 0) is 13.0 Å². The lowest BCUT2D eigenvalue weighted by atomic mass is 10.00. The monoisotopic (exact) mass is 325 g/mol. The molecular formula is C18H16FN3O2. The van der Waals surface area contributed by atoms with Gasteiger partial charge >= 0.3 is 6.01 Å². The normalized spacial score (nSPS) is 13.7. The predicted octanol–water partition coefficient (Wildman–Crippen LogP) is 3.45. The first kappa shape index (κ1) is 14.7. The third-order valence-electron chi connectivity index (χ3n) is 4.19. The Morgan fingerprint density at radius 1 is 1.17 bits per heavy atom. The number of hydrogen-bond acceptors (Lipinski definition) is 5. The number of anilines is 1. The summed E-state index contributed by atoms with van der Waals surface area (Å²) in [6.45, 7) is 1.35. The van der Waals surface area contributed by atoms with Crippen LogP contribution in [0.1, 0.15) is 11.1 Å². The van der Waals surface area contributed by atoms with Crippen LogP contribution in [0.2, 0.25) is 0 Å². The average molecular weight is 325 g/mol. The van der Waals surface area contributed by atoms with Gasteiger partial charge in [0.15, 0.2) is 0 Å². The minimum absolute atomic E-state index is 0.194. The molecule has 122 valence electrons. The summed E-state index contributed by atoms with van der Waals surface area (Å²) in [4.78, 5) is 6.50. The number of nitrogens with zero attached hydrogens (tertiary/aromatic N) is 3. The Hall–Kier alpha value is -2.89. The molecule has 3 aromatic rings. The summed E-state index contributed by atoms with van der Waals surface area (Å²) < 4.78 is 23.9. The molecule has 5 nitrogen and oxygen atoms in total. The smallest absolute Gasteiger partial charge is 0.324 e. The highest BCUT2D eigenvalue weighted by Gasteiger charge is 2.21. The van der Waals surface area contributed by atoms with E-state index in [0.717, 1.165) is 35.4 Å². The standard InChI is InChI=1S/C18H16FN3O2/c1-23-16-4-2-3-13(10-16)17-20-18(24-21-17)22-8-7-12-9-15(19)6-5-14(12)11-22/h2-6,9-10H,7-8,11H2,1H3. The van der Waals surface area contributed by atoms with E-state index in [2.05, 4.69) is 10.1 Å². The van der Waals surface area contributed by atoms with Crippen LogP contribution in [-0.4, -0.2) is 23.8 Å². The molecule has 0 fully saturated rings. The first-order chi connectivity index (χ1) is 11.7. The van der Waals surface area contributed by atoms with Crippen molar-refractivity contribution in [3.8, 4) is 17.1 Å². The van der Waals surface area contributed by atoms with E-state index in [-0.39, 0.29) is 5.82 Å². The van der Waals surface area contributed by atoms with E-state index in [9.17, 15) is 4.39 Å². The molecule has 0 unspecified atom stereocenters. The number of hydrogen-bond donors (Lipinski definition) is 0. The van der Waals surface area contributed by atoms with Gasteiger partial charge in [-0.1, -0.05) is 23.4 Å². The molecule has 0 saturated carbocycles. The fourth-order valence-corrected chi connectivity index (χ4v) is 2.91. The van der Waals surface area contributed by atoms with Gasteiger partial charge < -0.3 is 14.2 Å². The second kappa shape index (κ2) is 5.96. The van der Waals surface area contributed by atoms with E-state index in [4.69, 9.17) is 9.26 Å². The minimum Gasteiger partial charge on any atom is -0.497 e. The van der Waals surface area contributed by atoms with Crippen molar-refractivity contribution in [3.05, 3.63) is 59.4 Å². The van der Waals surface area contributed by atoms with Gasteiger partial charge in [-0.3, -0.25) is 0 Å². The number of halogens is 1. The van der Waals surface area contributed by atoms with Crippen LogP contribution < -0.4 is 9.64 Å². The van der Waals surface area contributed by atoms with Gasteiger partial charge in [-0.15, -0.1) is 0 Å². The first-order valence-corrected chi connectivity index (χ1v) is 7.73. The molecule has 0 radical (unpaired) electrons. The molecule has 0 bridgehead atoms. The molecule has 1 aromatic heterocycles. The zero-order valence-electron chi connectivity index (χ0n) is 13.2. The summed E-state index contributed by atoms with van der Waals surface area (Å²) in [5, 5.41) is 4.06. The molecule has 4 rings (SSSR count). The first-order valence-electron chi connectivity index (χ1n) is 7.73. The summed E-state index contributed by atoms with van der Waals surface area (Å²) in [6.07, 6.45) is 0.754. The molecule has 0 aliphatic carbocycles. The highest BCUT2D eigenvalue weighted by molar-refractivity contribution is 5.58. The maximum atomic E-state index is 13.3. The molecule has 1 aliphatic rings. The molecule has 24 heavy (non-hydrogen) atoms. The summed E-state index contributed by atoms with van der Waals surface area (Å²) in [7, 11) is 1.62. The number of methoxy groups -OCH3 is 1. The van der Waals surface area contributed by atoms with E-state index in [1.54, 1.807) is 13.2 Å². The van der Waals surface area contributed by atoms with Gasteiger partial charge in [0.25, 0.3) is 0 Å². The lowest BCUT2D eigenvalue weighted by Gasteiger charge is -2.26. The number of rotatable bonds is 3. The van der Waals surface area contributed by atoms with Crippen LogP contribution in [0, 0.1) is 5.82 Å². The van der Waals surface area contributed by atoms with Crippen molar-refractivity contribution >= 4 is 6.01 Å². The highest BCUT2D eigenvalue weighted by atomic mass is 19.1. The molecule has 2 heterocycles. The van der Waals surface area contributed by atoms with Gasteiger partial charge in [0.1, 0.15) is 11.6 Å². The van der Waals surface area contributed by atoms with Gasteiger partial charge in [0.05, 0.1) is 7.11 Å². The summed E-state index contributed by atoms with van der Waals surface area (Å²) in [5.74, 6) is 1.07. The maximum absolute atomic E-state index is 13.3. The van der Waals surface area contributed by atoms with E-state index < -0.39 is 0 Å². The number of aromatic nitrogens is 2. The van der Waals surface area contributed by atoms with Crippen LogP contribution in [0.5, 0.6) is 5.75 Å². The van der Waals surface area contributed by atoms with Gasteiger partial charge in [0, 0.05) is 18.7 Å². The number of benzene rings is 2. The zero-order valence-corrected chi connectivity index (χ0v) is 13.2. The van der Waals surface area contributed by atoms with E-state index in [1.807, 2.05) is 35.2 Å². The van der Waals surface area contributed by atoms with Crippen molar-refractivity contribution in [2.24, 2.45) is 0 Å². The predicted molar refractivity (Wildman–Crippen MR) is 87.4 cm³/mol. The lowest BCUT2D eigenvalue weighted by molar-refractivity contribution is 0.410. The molecular weight excluding hydrogens is 309 g/mol. The average Bonchev–Trinajstić information content (AvgIpc) is 3.11. The largest absolute Gasteiger partial charge is 0.497 e. The second-order valence-corrected chi connectivity index (χ2v) is 5.72. The van der Waals surface area contributed by atoms with Crippen molar-refractivity contribution in [2.45, 2.75) is 13.0 Å². The van der Waals surface area contributed by atoms with Crippen LogP contribution in [0.15, 0.2) is 47.0 Å². The Morgan fingerprint density at radius 3 is 2.96 bits per heavy atom. The van der Waals surface area contributed by atoms with Crippen LogP contribution in [0.3, 0.4) is 0 Å². The zero-order chi connectivity index (χ0) is 16.5. The third-order valence-corrected chi connectivity index (χ3v) is 4.19. The number of ether oxygens (including phenoxy) is 1. The van der Waals surface area contributed by atoms with Crippen molar-refractivity contribution in [3.63, 3.8) is 0 Å². The molecule has 1 aliphatic heterocycles. The summed E-state index contributed by atoms with van der Waals surface area (Å²) >= 11 is 0. The molecule has 0 saturated heterocycles. The Balaban J connectivity index is 1.58. The lowest BCUT2D eigenvalue weighted by Crippen LogP contribution is -2.30. The third kappa shape index (κ3) is 2.71. The molecule has 0 spiro atoms. The summed E-state index contributed by atoms with van der Waals surface area (Å²) in [6, 6.07) is 12.9. The Kier molecular flexibility index (Phi) is 3.65. The van der Waals surface area contributed by atoms with Crippen LogP contribution in [0.4, 0.5) is 10.4 Å². The second-order valence-electron chi connectivity index (χ2n) is 5.72. The fourth-order valence-electron chi connectivity index (χ4n) is 2.91. The summed E-state index contributed by atoms with van der Waals surface area (Å²) in [5.41, 5.74) is 2.96. The van der Waals surface area contributed by atoms with E-state index in [0.29, 0.717) is 18.4 Å². The Labute approximate surface area is 138 Å². The SMILES string of the molecule is COc1cccc(-c2noc(N3CCc4cc(F)ccc4C3)n2)c1. The quantitative estimate of drug-likeness (QED) is 0.738. The van der Waals surface area contributed by atoms with E-state index in [1.165, 1.54) is 6.07 Å². The molecule has 6 heteroatoms. The number of fused-ring (bicyclic) bond motifs is 1. The molecule has 2 aromatic carbocycles. The Bertz CT molecular complexity index is 878. The van der Waals surface area contributed by atoms with Gasteiger partial charge in [-0.2, -0.15) is 4.98 Å². The van der Waals surface area contributed by atoms with Crippen molar-refractivity contribution < 1.29 is 13.7 Å². The highest BCUT2D eigenvalue weighted by Crippen LogP contribution is 2.27. The van der Waals surface area contributed by atoms with E-state index >= 15 is 0 Å². The van der Waals surface area contributed by atoms with Gasteiger partial charge in [0.2, 0.25) is 5.82 Å². The Morgan fingerprint density at radius 2 is 2.08 bits per heavy atom. The fraction of sp³-hybridized carbons (Fsp3) is 0.222. The van der Waals surface area contributed by atoms with Gasteiger partial charge in [-0.25, -0.2) is 4.39 Å². The van der Waals surface area contributed by atoms with Crippen molar-refractivity contribution in [1.29, 1.82) is 0 Å². The van der Waals surface area contributed by atoms with Crippen molar-refractivity contribution in [1.82, 2.24) is 10.1 Å². The van der Waals surface area contributed by atoms with Crippen molar-refractivity contribution in [2.75, 3.05) is 18.6 Å². The van der Waals surface area contributed by atoms with Crippen LogP contribution >= 0.6 is 0 Å².